The molecule has 0 bridgehead atoms. The van der Waals surface area contributed by atoms with Gasteiger partial charge < -0.3 is 14.8 Å². The average Bonchev–Trinajstić information content (AvgIpc) is 2.53. The molecule has 0 spiro atoms. The molecule has 1 atom stereocenters. The molecule has 0 unspecified atom stereocenters. The Hall–Kier alpha value is -2.00. The maximum atomic E-state index is 5.52. The van der Waals surface area contributed by atoms with E-state index in [1.165, 1.54) is 11.1 Å². The van der Waals surface area contributed by atoms with E-state index in [1.54, 1.807) is 7.11 Å². The van der Waals surface area contributed by atoms with Crippen LogP contribution < -0.4 is 14.8 Å². The van der Waals surface area contributed by atoms with Crippen LogP contribution in [0.2, 0.25) is 0 Å². The summed E-state index contributed by atoms with van der Waals surface area (Å²) in [6.07, 6.45) is 0. The van der Waals surface area contributed by atoms with E-state index in [2.05, 4.69) is 36.5 Å². The average molecular weight is 285 g/mol. The zero-order valence-corrected chi connectivity index (χ0v) is 12.9. The van der Waals surface area contributed by atoms with Crippen LogP contribution in [-0.4, -0.2) is 13.7 Å². The van der Waals surface area contributed by atoms with Gasteiger partial charge in [0, 0.05) is 12.6 Å². The molecule has 112 valence electrons. The van der Waals surface area contributed by atoms with Gasteiger partial charge in [-0.3, -0.25) is 0 Å². The number of methoxy groups -OCH3 is 1. The second-order valence-corrected chi connectivity index (χ2v) is 4.96. The first-order valence-corrected chi connectivity index (χ1v) is 7.32. The van der Waals surface area contributed by atoms with Crippen LogP contribution in [0.4, 0.5) is 0 Å². The molecule has 2 rings (SSSR count). The Bertz CT molecular complexity index is 569. The largest absolute Gasteiger partial charge is 0.497 e. The fourth-order valence-electron chi connectivity index (χ4n) is 2.21. The topological polar surface area (TPSA) is 30.5 Å². The molecule has 3 heteroatoms. The SMILES string of the molecule is CCOc1cccc(CN[C@H](C)c2cccc(OC)c2)c1. The third-order valence-electron chi connectivity index (χ3n) is 3.42. The highest BCUT2D eigenvalue weighted by atomic mass is 16.5. The van der Waals surface area contributed by atoms with Gasteiger partial charge in [0.15, 0.2) is 0 Å². The van der Waals surface area contributed by atoms with Gasteiger partial charge in [0.1, 0.15) is 11.5 Å². The van der Waals surface area contributed by atoms with Gasteiger partial charge in [-0.15, -0.1) is 0 Å². The summed E-state index contributed by atoms with van der Waals surface area (Å²) in [5.74, 6) is 1.81. The normalized spacial score (nSPS) is 12.0. The van der Waals surface area contributed by atoms with Crippen molar-refractivity contribution in [3.8, 4) is 11.5 Å². The Morgan fingerprint density at radius 1 is 1.05 bits per heavy atom. The van der Waals surface area contributed by atoms with E-state index in [4.69, 9.17) is 9.47 Å². The van der Waals surface area contributed by atoms with Crippen molar-refractivity contribution < 1.29 is 9.47 Å². The van der Waals surface area contributed by atoms with Crippen molar-refractivity contribution in [3.63, 3.8) is 0 Å². The monoisotopic (exact) mass is 285 g/mol. The minimum absolute atomic E-state index is 0.260. The zero-order valence-electron chi connectivity index (χ0n) is 12.9. The molecule has 0 aliphatic carbocycles. The highest BCUT2D eigenvalue weighted by Crippen LogP contribution is 2.20. The summed E-state index contributed by atoms with van der Waals surface area (Å²) >= 11 is 0. The predicted molar refractivity (Wildman–Crippen MR) is 85.9 cm³/mol. The summed E-state index contributed by atoms with van der Waals surface area (Å²) in [4.78, 5) is 0. The van der Waals surface area contributed by atoms with Gasteiger partial charge in [0.2, 0.25) is 0 Å². The minimum atomic E-state index is 0.260. The molecule has 21 heavy (non-hydrogen) atoms. The summed E-state index contributed by atoms with van der Waals surface area (Å²) in [6.45, 7) is 5.65. The molecular formula is C18H23NO2. The fraction of sp³-hybridized carbons (Fsp3) is 0.333. The fourth-order valence-corrected chi connectivity index (χ4v) is 2.21. The first-order valence-electron chi connectivity index (χ1n) is 7.32. The molecule has 2 aromatic carbocycles. The minimum Gasteiger partial charge on any atom is -0.497 e. The summed E-state index contributed by atoms with van der Waals surface area (Å²) < 4.78 is 10.8. The number of hydrogen-bond donors (Lipinski definition) is 1. The van der Waals surface area contributed by atoms with Crippen LogP contribution in [0.25, 0.3) is 0 Å². The van der Waals surface area contributed by atoms with E-state index in [0.29, 0.717) is 6.61 Å². The molecule has 3 nitrogen and oxygen atoms in total. The van der Waals surface area contributed by atoms with Crippen molar-refractivity contribution in [1.29, 1.82) is 0 Å². The molecule has 0 heterocycles. The van der Waals surface area contributed by atoms with Crippen molar-refractivity contribution in [1.82, 2.24) is 5.32 Å². The maximum absolute atomic E-state index is 5.52. The van der Waals surface area contributed by atoms with Crippen molar-refractivity contribution in [2.24, 2.45) is 0 Å². The van der Waals surface area contributed by atoms with Crippen LogP contribution in [-0.2, 0) is 6.54 Å². The van der Waals surface area contributed by atoms with Crippen molar-refractivity contribution in [3.05, 3.63) is 59.7 Å². The van der Waals surface area contributed by atoms with Crippen molar-refractivity contribution in [2.75, 3.05) is 13.7 Å². The Labute approximate surface area is 126 Å². The van der Waals surface area contributed by atoms with Gasteiger partial charge in [-0.2, -0.15) is 0 Å². The van der Waals surface area contributed by atoms with E-state index in [1.807, 2.05) is 31.2 Å². The third-order valence-corrected chi connectivity index (χ3v) is 3.42. The van der Waals surface area contributed by atoms with Gasteiger partial charge in [0.05, 0.1) is 13.7 Å². The highest BCUT2D eigenvalue weighted by molar-refractivity contribution is 5.31. The van der Waals surface area contributed by atoms with E-state index in [0.717, 1.165) is 18.0 Å². The Balaban J connectivity index is 1.96. The van der Waals surface area contributed by atoms with E-state index in [-0.39, 0.29) is 6.04 Å². The Kier molecular flexibility index (Phi) is 5.64. The van der Waals surface area contributed by atoms with Crippen LogP contribution in [0.15, 0.2) is 48.5 Å². The van der Waals surface area contributed by atoms with Crippen LogP contribution >= 0.6 is 0 Å². The summed E-state index contributed by atoms with van der Waals surface area (Å²) in [5.41, 5.74) is 2.44. The predicted octanol–water partition coefficient (Wildman–Crippen LogP) is 3.94. The van der Waals surface area contributed by atoms with Gasteiger partial charge in [0.25, 0.3) is 0 Å². The number of benzene rings is 2. The second-order valence-electron chi connectivity index (χ2n) is 4.96. The molecule has 0 aliphatic heterocycles. The number of rotatable bonds is 7. The molecule has 0 radical (unpaired) electrons. The van der Waals surface area contributed by atoms with E-state index < -0.39 is 0 Å². The van der Waals surface area contributed by atoms with Crippen LogP contribution in [0.5, 0.6) is 11.5 Å². The molecule has 0 saturated heterocycles. The zero-order chi connectivity index (χ0) is 15.1. The molecule has 0 aliphatic rings. The number of ether oxygens (including phenoxy) is 2. The van der Waals surface area contributed by atoms with Gasteiger partial charge in [-0.1, -0.05) is 24.3 Å². The summed E-state index contributed by atoms with van der Waals surface area (Å²) in [5, 5.41) is 3.52. The first-order chi connectivity index (χ1) is 10.2. The lowest BCUT2D eigenvalue weighted by molar-refractivity contribution is 0.339. The van der Waals surface area contributed by atoms with E-state index in [9.17, 15) is 0 Å². The lowest BCUT2D eigenvalue weighted by Crippen LogP contribution is -2.18. The first kappa shape index (κ1) is 15.4. The summed E-state index contributed by atoms with van der Waals surface area (Å²) in [7, 11) is 1.69. The van der Waals surface area contributed by atoms with Gasteiger partial charge >= 0.3 is 0 Å². The Morgan fingerprint density at radius 2 is 1.81 bits per heavy atom. The van der Waals surface area contributed by atoms with Gasteiger partial charge in [-0.05, 0) is 49.2 Å². The maximum Gasteiger partial charge on any atom is 0.119 e. The summed E-state index contributed by atoms with van der Waals surface area (Å²) in [6, 6.07) is 16.6. The Morgan fingerprint density at radius 3 is 2.57 bits per heavy atom. The lowest BCUT2D eigenvalue weighted by Gasteiger charge is -2.15. The molecule has 1 N–H and O–H groups in total. The second kappa shape index (κ2) is 7.70. The van der Waals surface area contributed by atoms with E-state index >= 15 is 0 Å². The van der Waals surface area contributed by atoms with Crippen LogP contribution in [0.1, 0.15) is 31.0 Å². The molecular weight excluding hydrogens is 262 g/mol. The van der Waals surface area contributed by atoms with Crippen molar-refractivity contribution in [2.45, 2.75) is 26.4 Å². The number of hydrogen-bond acceptors (Lipinski definition) is 3. The quantitative estimate of drug-likeness (QED) is 0.835. The molecule has 0 saturated carbocycles. The molecule has 0 fully saturated rings. The van der Waals surface area contributed by atoms with Gasteiger partial charge in [-0.25, -0.2) is 0 Å². The number of nitrogens with one attached hydrogen (secondary N) is 1. The molecule has 2 aromatic rings. The molecule has 0 aromatic heterocycles. The highest BCUT2D eigenvalue weighted by Gasteiger charge is 2.06. The molecule has 0 amide bonds. The van der Waals surface area contributed by atoms with Crippen LogP contribution in [0.3, 0.4) is 0 Å². The van der Waals surface area contributed by atoms with Crippen molar-refractivity contribution >= 4 is 0 Å². The smallest absolute Gasteiger partial charge is 0.119 e. The standard InChI is InChI=1S/C18H23NO2/c1-4-21-18-10-5-7-15(11-18)13-19-14(2)16-8-6-9-17(12-16)20-3/h5-12,14,19H,4,13H2,1-3H3/t14-/m1/s1. The van der Waals surface area contributed by atoms with Crippen LogP contribution in [0, 0.1) is 0 Å². The lowest BCUT2D eigenvalue weighted by atomic mass is 10.1. The third kappa shape index (κ3) is 4.50.